The fraction of sp³-hybridized carbons (Fsp3) is 0.357. The summed E-state index contributed by atoms with van der Waals surface area (Å²) in [6.07, 6.45) is -0.149. The predicted molar refractivity (Wildman–Crippen MR) is 70.2 cm³/mol. The molecule has 0 saturated heterocycles. The molecule has 108 valence electrons. The highest BCUT2D eigenvalue weighted by atomic mass is 19.4. The lowest BCUT2D eigenvalue weighted by Gasteiger charge is -2.17. The topological polar surface area (TPSA) is 29.9 Å². The number of alkyl halides is 3. The Labute approximate surface area is 115 Å². The summed E-state index contributed by atoms with van der Waals surface area (Å²) in [7, 11) is 3.55. The summed E-state index contributed by atoms with van der Waals surface area (Å²) in [6.45, 7) is 0. The van der Waals surface area contributed by atoms with Gasteiger partial charge in [0.25, 0.3) is 0 Å². The summed E-state index contributed by atoms with van der Waals surface area (Å²) in [5.41, 5.74) is 0.969. The first-order valence-electron chi connectivity index (χ1n) is 6.22. The highest BCUT2D eigenvalue weighted by Gasteiger charge is 2.30. The molecule has 0 saturated carbocycles. The van der Waals surface area contributed by atoms with Crippen molar-refractivity contribution in [3.8, 4) is 0 Å². The quantitative estimate of drug-likeness (QED) is 0.935. The number of likely N-dealkylation sites (N-methyl/N-ethyl adjacent to an activating group) is 1. The number of hydrogen-bond acceptors (Lipinski definition) is 2. The number of rotatable bonds is 4. The van der Waals surface area contributed by atoms with E-state index in [1.165, 1.54) is 12.1 Å². The van der Waals surface area contributed by atoms with E-state index in [-0.39, 0.29) is 6.04 Å². The van der Waals surface area contributed by atoms with Crippen LogP contribution in [0.25, 0.3) is 0 Å². The molecule has 0 aliphatic rings. The standard InChI is InChI=1S/C14H16F3N3/c1-18-13(6-10-8-19-20(2)9-10)11-4-3-5-12(7-11)14(15,16)17/h3-5,7-9,13,18H,6H2,1-2H3. The van der Waals surface area contributed by atoms with Gasteiger partial charge in [-0.15, -0.1) is 0 Å². The number of nitrogens with zero attached hydrogens (tertiary/aromatic N) is 2. The molecule has 2 aromatic rings. The molecule has 1 N–H and O–H groups in total. The van der Waals surface area contributed by atoms with Crippen molar-refractivity contribution in [1.29, 1.82) is 0 Å². The smallest absolute Gasteiger partial charge is 0.313 e. The van der Waals surface area contributed by atoms with Crippen molar-refractivity contribution in [3.05, 3.63) is 53.3 Å². The third-order valence-electron chi connectivity index (χ3n) is 3.16. The lowest BCUT2D eigenvalue weighted by atomic mass is 9.99. The number of hydrogen-bond donors (Lipinski definition) is 1. The maximum absolute atomic E-state index is 12.7. The van der Waals surface area contributed by atoms with Gasteiger partial charge in [-0.1, -0.05) is 12.1 Å². The second-order valence-electron chi connectivity index (χ2n) is 4.69. The Morgan fingerprint density at radius 1 is 1.35 bits per heavy atom. The first kappa shape index (κ1) is 14.6. The van der Waals surface area contributed by atoms with E-state index in [1.54, 1.807) is 24.0 Å². The van der Waals surface area contributed by atoms with Crippen molar-refractivity contribution in [2.75, 3.05) is 7.05 Å². The largest absolute Gasteiger partial charge is 0.416 e. The van der Waals surface area contributed by atoms with Gasteiger partial charge in [0.15, 0.2) is 0 Å². The summed E-state index contributed by atoms with van der Waals surface area (Å²) in [4.78, 5) is 0. The van der Waals surface area contributed by atoms with E-state index in [1.807, 2.05) is 13.2 Å². The van der Waals surface area contributed by atoms with Crippen LogP contribution in [0, 0.1) is 0 Å². The van der Waals surface area contributed by atoms with E-state index < -0.39 is 11.7 Å². The number of nitrogens with one attached hydrogen (secondary N) is 1. The van der Waals surface area contributed by atoms with Crippen LogP contribution in [-0.2, 0) is 19.6 Å². The van der Waals surface area contributed by atoms with Gasteiger partial charge >= 0.3 is 6.18 Å². The van der Waals surface area contributed by atoms with Crippen molar-refractivity contribution in [2.45, 2.75) is 18.6 Å². The van der Waals surface area contributed by atoms with Crippen LogP contribution < -0.4 is 5.32 Å². The van der Waals surface area contributed by atoms with Gasteiger partial charge in [0, 0.05) is 19.3 Å². The molecule has 0 fully saturated rings. The molecule has 0 amide bonds. The summed E-state index contributed by atoms with van der Waals surface area (Å²) < 4.78 is 39.9. The van der Waals surface area contributed by atoms with E-state index in [2.05, 4.69) is 10.4 Å². The molecule has 0 spiro atoms. The summed E-state index contributed by atoms with van der Waals surface area (Å²) in [5, 5.41) is 7.11. The van der Waals surface area contributed by atoms with Crippen molar-refractivity contribution in [3.63, 3.8) is 0 Å². The Morgan fingerprint density at radius 3 is 2.65 bits per heavy atom. The average Bonchev–Trinajstić information content (AvgIpc) is 2.81. The fourth-order valence-corrected chi connectivity index (χ4v) is 2.13. The van der Waals surface area contributed by atoms with Gasteiger partial charge < -0.3 is 5.32 Å². The summed E-state index contributed by atoms with van der Waals surface area (Å²) in [5.74, 6) is 0. The molecule has 0 aliphatic carbocycles. The Balaban J connectivity index is 2.23. The van der Waals surface area contributed by atoms with Crippen LogP contribution in [0.15, 0.2) is 36.7 Å². The monoisotopic (exact) mass is 283 g/mol. The zero-order chi connectivity index (χ0) is 14.8. The molecule has 2 rings (SSSR count). The average molecular weight is 283 g/mol. The molecule has 1 unspecified atom stereocenters. The number of aromatic nitrogens is 2. The van der Waals surface area contributed by atoms with Crippen molar-refractivity contribution < 1.29 is 13.2 Å². The van der Waals surface area contributed by atoms with Crippen LogP contribution in [0.5, 0.6) is 0 Å². The molecule has 0 bridgehead atoms. The Bertz CT molecular complexity index is 575. The van der Waals surface area contributed by atoms with Gasteiger partial charge in [-0.25, -0.2) is 0 Å². The minimum atomic E-state index is -4.32. The van der Waals surface area contributed by atoms with Crippen LogP contribution in [-0.4, -0.2) is 16.8 Å². The SMILES string of the molecule is CNC(Cc1cnn(C)c1)c1cccc(C(F)(F)F)c1. The summed E-state index contributed by atoms with van der Waals surface area (Å²) in [6, 6.07) is 5.23. The zero-order valence-electron chi connectivity index (χ0n) is 11.3. The van der Waals surface area contributed by atoms with Gasteiger partial charge in [-0.3, -0.25) is 4.68 Å². The Hall–Kier alpha value is -1.82. The van der Waals surface area contributed by atoms with Gasteiger partial charge in [0.05, 0.1) is 11.8 Å². The van der Waals surface area contributed by atoms with Crippen LogP contribution in [0.3, 0.4) is 0 Å². The third-order valence-corrected chi connectivity index (χ3v) is 3.16. The molecular weight excluding hydrogens is 267 g/mol. The molecule has 20 heavy (non-hydrogen) atoms. The first-order valence-corrected chi connectivity index (χ1v) is 6.22. The third kappa shape index (κ3) is 3.39. The minimum absolute atomic E-state index is 0.179. The van der Waals surface area contributed by atoms with Gasteiger partial charge in [-0.2, -0.15) is 18.3 Å². The normalized spacial score (nSPS) is 13.4. The zero-order valence-corrected chi connectivity index (χ0v) is 11.3. The maximum atomic E-state index is 12.7. The van der Waals surface area contributed by atoms with Gasteiger partial charge in [0.1, 0.15) is 0 Å². The minimum Gasteiger partial charge on any atom is -0.313 e. The lowest BCUT2D eigenvalue weighted by molar-refractivity contribution is -0.137. The van der Waals surface area contributed by atoms with E-state index in [9.17, 15) is 13.2 Å². The van der Waals surface area contributed by atoms with Crippen LogP contribution >= 0.6 is 0 Å². The van der Waals surface area contributed by atoms with Gasteiger partial charge in [-0.05, 0) is 36.7 Å². The van der Waals surface area contributed by atoms with E-state index >= 15 is 0 Å². The first-order chi connectivity index (χ1) is 9.40. The molecular formula is C14H16F3N3. The highest BCUT2D eigenvalue weighted by Crippen LogP contribution is 2.31. The van der Waals surface area contributed by atoms with Crippen LogP contribution in [0.2, 0.25) is 0 Å². The molecule has 0 aliphatic heterocycles. The highest BCUT2D eigenvalue weighted by molar-refractivity contribution is 5.29. The van der Waals surface area contributed by atoms with E-state index in [0.29, 0.717) is 12.0 Å². The van der Waals surface area contributed by atoms with Crippen molar-refractivity contribution in [2.24, 2.45) is 7.05 Å². The molecule has 1 atom stereocenters. The predicted octanol–water partition coefficient (Wildman–Crippen LogP) is 2.94. The second kappa shape index (κ2) is 5.66. The Morgan fingerprint density at radius 2 is 2.10 bits per heavy atom. The Kier molecular flexibility index (Phi) is 4.13. The molecule has 1 heterocycles. The van der Waals surface area contributed by atoms with E-state index in [4.69, 9.17) is 0 Å². The molecule has 6 heteroatoms. The molecule has 0 radical (unpaired) electrons. The second-order valence-corrected chi connectivity index (χ2v) is 4.69. The fourth-order valence-electron chi connectivity index (χ4n) is 2.13. The lowest BCUT2D eigenvalue weighted by Crippen LogP contribution is -2.19. The van der Waals surface area contributed by atoms with Crippen molar-refractivity contribution in [1.82, 2.24) is 15.1 Å². The molecule has 1 aromatic carbocycles. The van der Waals surface area contributed by atoms with Gasteiger partial charge in [0.2, 0.25) is 0 Å². The van der Waals surface area contributed by atoms with Crippen LogP contribution in [0.1, 0.15) is 22.7 Å². The number of aryl methyl sites for hydroxylation is 1. The van der Waals surface area contributed by atoms with E-state index in [0.717, 1.165) is 11.6 Å². The maximum Gasteiger partial charge on any atom is 0.416 e. The summed E-state index contributed by atoms with van der Waals surface area (Å²) >= 11 is 0. The van der Waals surface area contributed by atoms with Crippen LogP contribution in [0.4, 0.5) is 13.2 Å². The number of benzene rings is 1. The molecule has 1 aromatic heterocycles. The molecule has 3 nitrogen and oxygen atoms in total. The van der Waals surface area contributed by atoms with Crippen molar-refractivity contribution >= 4 is 0 Å². The number of halogens is 3.